The molecule has 170 valence electrons. The average molecular weight is 550 g/mol. The molecule has 4 rings (SSSR count). The van der Waals surface area contributed by atoms with Crippen LogP contribution in [0.15, 0.2) is 66.3 Å². The molecule has 0 bridgehead atoms. The topological polar surface area (TPSA) is 67.6 Å². The Hall–Kier alpha value is -2.69. The van der Waals surface area contributed by atoms with E-state index in [-0.39, 0.29) is 29.8 Å². The lowest BCUT2D eigenvalue weighted by atomic mass is 9.93. The highest BCUT2D eigenvalue weighted by Gasteiger charge is 2.29. The van der Waals surface area contributed by atoms with Crippen molar-refractivity contribution >= 4 is 29.9 Å². The van der Waals surface area contributed by atoms with Gasteiger partial charge in [-0.3, -0.25) is 4.99 Å². The van der Waals surface area contributed by atoms with Crippen LogP contribution < -0.4 is 10.1 Å². The zero-order chi connectivity index (χ0) is 21.6. The molecule has 1 aliphatic rings. The predicted octanol–water partition coefficient (Wildman–Crippen LogP) is 4.49. The van der Waals surface area contributed by atoms with Gasteiger partial charge in [-0.2, -0.15) is 0 Å². The normalized spacial score (nSPS) is 18.7. The molecule has 0 amide bonds. The zero-order valence-corrected chi connectivity index (χ0v) is 20.5. The van der Waals surface area contributed by atoms with Gasteiger partial charge in [0.1, 0.15) is 11.6 Å². The average Bonchev–Trinajstić information content (AvgIpc) is 3.31. The maximum atomic E-state index is 13.5. The maximum absolute atomic E-state index is 13.5. The van der Waals surface area contributed by atoms with Gasteiger partial charge in [0, 0.05) is 56.9 Å². The molecule has 2 atom stereocenters. The molecule has 1 aliphatic heterocycles. The number of halogens is 2. The number of hydrogen-bond acceptors (Lipinski definition) is 4. The molecule has 32 heavy (non-hydrogen) atoms. The molecule has 2 aromatic heterocycles. The van der Waals surface area contributed by atoms with Crippen LogP contribution in [0.1, 0.15) is 24.9 Å². The number of benzene rings is 1. The summed E-state index contributed by atoms with van der Waals surface area (Å²) >= 11 is 0. The quantitative estimate of drug-likeness (QED) is 0.288. The molecule has 0 saturated carbocycles. The summed E-state index contributed by atoms with van der Waals surface area (Å²) in [6.45, 7) is 4.57. The number of piperidine rings is 1. The van der Waals surface area contributed by atoms with Crippen molar-refractivity contribution < 1.29 is 9.13 Å². The number of guanidine groups is 1. The lowest BCUT2D eigenvalue weighted by molar-refractivity contribution is 0.189. The van der Waals surface area contributed by atoms with E-state index < -0.39 is 0 Å². The lowest BCUT2D eigenvalue weighted by Crippen LogP contribution is -2.48. The first kappa shape index (κ1) is 24.0. The summed E-state index contributed by atoms with van der Waals surface area (Å²) < 4.78 is 21.5. The standard InChI is InChI=1S/C23H27FN6O.HI/c1-17-8-11-29(15-21(17)30-12-10-26-16-30)23(25-2)28-14-18-5-4-9-27-22(18)31-20-7-3-6-19(24)13-20;/h3-7,9-10,12-13,16-17,21H,8,11,14-15H2,1-2H3,(H,25,28);1H. The Bertz CT molecular complexity index is 1030. The molecule has 0 spiro atoms. The Kier molecular flexibility index (Phi) is 8.43. The Morgan fingerprint density at radius 3 is 2.91 bits per heavy atom. The third-order valence-corrected chi connectivity index (χ3v) is 5.64. The molecule has 1 N–H and O–H groups in total. The number of likely N-dealkylation sites (tertiary alicyclic amines) is 1. The van der Waals surface area contributed by atoms with E-state index in [1.165, 1.54) is 12.1 Å². The van der Waals surface area contributed by atoms with Gasteiger partial charge in [0.25, 0.3) is 0 Å². The van der Waals surface area contributed by atoms with Gasteiger partial charge in [-0.25, -0.2) is 14.4 Å². The second kappa shape index (κ2) is 11.3. The first-order valence-corrected chi connectivity index (χ1v) is 10.4. The molecule has 1 saturated heterocycles. The molecule has 2 unspecified atom stereocenters. The summed E-state index contributed by atoms with van der Waals surface area (Å²) in [4.78, 5) is 15.3. The third-order valence-electron chi connectivity index (χ3n) is 5.64. The third kappa shape index (κ3) is 5.76. The van der Waals surface area contributed by atoms with E-state index in [0.29, 0.717) is 30.1 Å². The Morgan fingerprint density at radius 1 is 1.28 bits per heavy atom. The van der Waals surface area contributed by atoms with Gasteiger partial charge in [-0.05, 0) is 30.5 Å². The van der Waals surface area contributed by atoms with Crippen LogP contribution in [0.5, 0.6) is 11.6 Å². The second-order valence-electron chi connectivity index (χ2n) is 7.72. The summed E-state index contributed by atoms with van der Waals surface area (Å²) in [7, 11) is 1.79. The van der Waals surface area contributed by atoms with Crippen LogP contribution in [0.25, 0.3) is 0 Å². The highest BCUT2D eigenvalue weighted by Crippen LogP contribution is 2.28. The predicted molar refractivity (Wildman–Crippen MR) is 133 cm³/mol. The van der Waals surface area contributed by atoms with Crippen LogP contribution >= 0.6 is 24.0 Å². The Balaban J connectivity index is 0.00000289. The van der Waals surface area contributed by atoms with E-state index in [9.17, 15) is 4.39 Å². The van der Waals surface area contributed by atoms with Crippen molar-refractivity contribution in [2.75, 3.05) is 20.1 Å². The zero-order valence-electron chi connectivity index (χ0n) is 18.2. The first-order chi connectivity index (χ1) is 15.1. The molecule has 3 heterocycles. The van der Waals surface area contributed by atoms with Crippen molar-refractivity contribution in [1.29, 1.82) is 0 Å². The monoisotopic (exact) mass is 550 g/mol. The molecule has 1 aromatic carbocycles. The van der Waals surface area contributed by atoms with Crippen molar-refractivity contribution in [2.45, 2.75) is 25.9 Å². The van der Waals surface area contributed by atoms with Gasteiger partial charge in [-0.1, -0.05) is 19.1 Å². The number of rotatable bonds is 5. The number of imidazole rings is 1. The van der Waals surface area contributed by atoms with Gasteiger partial charge < -0.3 is 19.5 Å². The van der Waals surface area contributed by atoms with E-state index in [2.05, 4.69) is 36.7 Å². The minimum Gasteiger partial charge on any atom is -0.439 e. The summed E-state index contributed by atoms with van der Waals surface area (Å²) in [5.74, 6) is 1.91. The van der Waals surface area contributed by atoms with Gasteiger partial charge in [-0.15, -0.1) is 24.0 Å². The number of hydrogen-bond donors (Lipinski definition) is 1. The maximum Gasteiger partial charge on any atom is 0.224 e. The number of ether oxygens (including phenoxy) is 1. The molecule has 9 heteroatoms. The molecular formula is C23H28FIN6O. The Labute approximate surface area is 204 Å². The number of pyridine rings is 1. The van der Waals surface area contributed by atoms with Crippen LogP contribution in [0.4, 0.5) is 4.39 Å². The smallest absolute Gasteiger partial charge is 0.224 e. The van der Waals surface area contributed by atoms with Gasteiger partial charge in [0.15, 0.2) is 5.96 Å². The fraction of sp³-hybridized carbons (Fsp3) is 0.348. The fourth-order valence-electron chi connectivity index (χ4n) is 3.89. The van der Waals surface area contributed by atoms with Gasteiger partial charge >= 0.3 is 0 Å². The van der Waals surface area contributed by atoms with Crippen LogP contribution in [-0.4, -0.2) is 45.5 Å². The number of nitrogens with zero attached hydrogens (tertiary/aromatic N) is 5. The van der Waals surface area contributed by atoms with Crippen LogP contribution in [0.2, 0.25) is 0 Å². The fourth-order valence-corrected chi connectivity index (χ4v) is 3.89. The minimum atomic E-state index is -0.347. The number of aromatic nitrogens is 3. The lowest BCUT2D eigenvalue weighted by Gasteiger charge is -2.39. The van der Waals surface area contributed by atoms with E-state index in [1.807, 2.05) is 30.9 Å². The van der Waals surface area contributed by atoms with Crippen molar-refractivity contribution in [1.82, 2.24) is 24.8 Å². The number of aliphatic imine (C=N–C) groups is 1. The summed E-state index contributed by atoms with van der Waals surface area (Å²) in [6.07, 6.45) is 8.46. The SMILES string of the molecule is CN=C(NCc1cccnc1Oc1cccc(F)c1)N1CCC(C)C(n2ccnc2)C1.I. The molecule has 0 radical (unpaired) electrons. The largest absolute Gasteiger partial charge is 0.439 e. The summed E-state index contributed by atoms with van der Waals surface area (Å²) in [5.41, 5.74) is 0.865. The van der Waals surface area contributed by atoms with Gasteiger partial charge in [0.05, 0.1) is 12.4 Å². The molecular weight excluding hydrogens is 522 g/mol. The molecule has 7 nitrogen and oxygen atoms in total. The molecule has 1 fully saturated rings. The first-order valence-electron chi connectivity index (χ1n) is 10.4. The summed E-state index contributed by atoms with van der Waals surface area (Å²) in [5, 5.41) is 3.43. The van der Waals surface area contributed by atoms with Crippen LogP contribution in [-0.2, 0) is 6.54 Å². The highest BCUT2D eigenvalue weighted by molar-refractivity contribution is 14.0. The van der Waals surface area contributed by atoms with E-state index >= 15 is 0 Å². The van der Waals surface area contributed by atoms with Crippen LogP contribution in [0.3, 0.4) is 0 Å². The molecule has 0 aliphatic carbocycles. The minimum absolute atomic E-state index is 0. The number of nitrogens with one attached hydrogen (secondary N) is 1. The van der Waals surface area contributed by atoms with Gasteiger partial charge in [0.2, 0.25) is 5.88 Å². The molecule has 3 aromatic rings. The Morgan fingerprint density at radius 2 is 2.16 bits per heavy atom. The van der Waals surface area contributed by atoms with E-state index in [4.69, 9.17) is 4.74 Å². The van der Waals surface area contributed by atoms with Crippen molar-refractivity contribution in [3.8, 4) is 11.6 Å². The second-order valence-corrected chi connectivity index (χ2v) is 7.72. The van der Waals surface area contributed by atoms with Crippen LogP contribution in [0, 0.1) is 11.7 Å². The highest BCUT2D eigenvalue weighted by atomic mass is 127. The van der Waals surface area contributed by atoms with Crippen molar-refractivity contribution in [2.24, 2.45) is 10.9 Å². The summed E-state index contributed by atoms with van der Waals surface area (Å²) in [6, 6.07) is 10.2. The van der Waals surface area contributed by atoms with E-state index in [0.717, 1.165) is 31.0 Å². The van der Waals surface area contributed by atoms with Crippen molar-refractivity contribution in [3.63, 3.8) is 0 Å². The van der Waals surface area contributed by atoms with E-state index in [1.54, 1.807) is 25.4 Å². The van der Waals surface area contributed by atoms with Crippen molar-refractivity contribution in [3.05, 3.63) is 72.7 Å².